The van der Waals surface area contributed by atoms with Gasteiger partial charge in [0.15, 0.2) is 23.1 Å². The molecule has 3 amide bonds. The summed E-state index contributed by atoms with van der Waals surface area (Å²) in [5, 5.41) is 5.54. The van der Waals surface area contributed by atoms with E-state index in [0.29, 0.717) is 37.4 Å². The van der Waals surface area contributed by atoms with Gasteiger partial charge in [0.1, 0.15) is 0 Å². The van der Waals surface area contributed by atoms with Crippen molar-refractivity contribution >= 4 is 17.6 Å². The molecule has 0 unspecified atom stereocenters. The highest BCUT2D eigenvalue weighted by atomic mass is 19.2. The standard InChI is InChI=1S/C27H34F2N4O4/c1-32(2)16-25(34)33-12-11-27(17-5-8-22(36-3)23(13-17)37-4)10-9-19(15-24(27)33)31-26(35)30-18-6-7-20(28)21(29)14-18/h5-8,13-14,19,24H,9-12,15-16H2,1-4H3,(H2,30,31,35)/t19-,24+,27-/m0/s1. The quantitative estimate of drug-likeness (QED) is 0.586. The molecule has 8 nitrogen and oxygen atoms in total. The molecule has 1 saturated heterocycles. The van der Waals surface area contributed by atoms with E-state index in [9.17, 15) is 18.4 Å². The van der Waals surface area contributed by atoms with Crippen molar-refractivity contribution in [2.24, 2.45) is 0 Å². The monoisotopic (exact) mass is 516 g/mol. The first kappa shape index (κ1) is 26.7. The second-order valence-corrected chi connectivity index (χ2v) is 10.0. The summed E-state index contributed by atoms with van der Waals surface area (Å²) in [5.41, 5.74) is 0.964. The van der Waals surface area contributed by atoms with Crippen LogP contribution in [0.1, 0.15) is 31.2 Å². The summed E-state index contributed by atoms with van der Waals surface area (Å²) in [7, 11) is 6.93. The topological polar surface area (TPSA) is 83.1 Å². The third-order valence-corrected chi connectivity index (χ3v) is 7.50. The van der Waals surface area contributed by atoms with Crippen molar-refractivity contribution in [3.63, 3.8) is 0 Å². The average Bonchev–Trinajstić information content (AvgIpc) is 3.25. The number of hydrogen-bond acceptors (Lipinski definition) is 5. The van der Waals surface area contributed by atoms with Crippen molar-refractivity contribution in [2.75, 3.05) is 46.7 Å². The predicted molar refractivity (Wildman–Crippen MR) is 136 cm³/mol. The molecule has 1 aliphatic carbocycles. The molecule has 4 rings (SSSR count). The van der Waals surface area contributed by atoms with Crippen molar-refractivity contribution in [3.05, 3.63) is 53.6 Å². The van der Waals surface area contributed by atoms with Crippen molar-refractivity contribution in [1.29, 1.82) is 0 Å². The number of urea groups is 1. The van der Waals surface area contributed by atoms with Crippen LogP contribution >= 0.6 is 0 Å². The Morgan fingerprint density at radius 1 is 1.05 bits per heavy atom. The highest BCUT2D eigenvalue weighted by Crippen LogP contribution is 2.50. The van der Waals surface area contributed by atoms with Gasteiger partial charge in [-0.2, -0.15) is 0 Å². The van der Waals surface area contributed by atoms with E-state index in [-0.39, 0.29) is 29.1 Å². The van der Waals surface area contributed by atoms with Gasteiger partial charge < -0.3 is 29.9 Å². The van der Waals surface area contributed by atoms with Gasteiger partial charge in [0.25, 0.3) is 0 Å². The number of carbonyl (C=O) groups is 2. The van der Waals surface area contributed by atoms with E-state index in [4.69, 9.17) is 9.47 Å². The normalized spacial score (nSPS) is 22.9. The van der Waals surface area contributed by atoms with Crippen LogP contribution in [0.15, 0.2) is 36.4 Å². The van der Waals surface area contributed by atoms with Gasteiger partial charge in [-0.15, -0.1) is 0 Å². The molecule has 0 aromatic heterocycles. The summed E-state index contributed by atoms with van der Waals surface area (Å²) >= 11 is 0. The van der Waals surface area contributed by atoms with Crippen LogP contribution in [0.4, 0.5) is 19.3 Å². The van der Waals surface area contributed by atoms with E-state index in [2.05, 4.69) is 10.6 Å². The number of likely N-dealkylation sites (tertiary alicyclic amines) is 1. The molecule has 2 fully saturated rings. The summed E-state index contributed by atoms with van der Waals surface area (Å²) in [5.74, 6) is -0.687. The Morgan fingerprint density at radius 2 is 1.81 bits per heavy atom. The number of rotatable bonds is 7. The number of halogens is 2. The van der Waals surface area contributed by atoms with Crippen LogP contribution in [-0.2, 0) is 10.2 Å². The molecule has 0 bridgehead atoms. The van der Waals surface area contributed by atoms with Crippen LogP contribution in [0.25, 0.3) is 0 Å². The van der Waals surface area contributed by atoms with E-state index in [0.717, 1.165) is 30.5 Å². The first-order valence-electron chi connectivity index (χ1n) is 12.4. The Hall–Kier alpha value is -3.40. The van der Waals surface area contributed by atoms with Crippen LogP contribution in [0, 0.1) is 11.6 Å². The van der Waals surface area contributed by atoms with Crippen LogP contribution in [0.5, 0.6) is 11.5 Å². The Bertz CT molecular complexity index is 1160. The SMILES string of the molecule is COc1ccc([C@@]23CC[C@H](NC(=O)Nc4ccc(F)c(F)c4)C[C@H]2N(C(=O)CN(C)C)CC3)cc1OC. The Kier molecular flexibility index (Phi) is 7.87. The molecule has 2 N–H and O–H groups in total. The molecule has 2 aromatic carbocycles. The van der Waals surface area contributed by atoms with E-state index >= 15 is 0 Å². The summed E-state index contributed by atoms with van der Waals surface area (Å²) in [4.78, 5) is 29.7. The molecular weight excluding hydrogens is 482 g/mol. The maximum absolute atomic E-state index is 13.5. The molecule has 1 saturated carbocycles. The first-order chi connectivity index (χ1) is 17.7. The Labute approximate surface area is 215 Å². The molecule has 2 aliphatic rings. The van der Waals surface area contributed by atoms with Crippen LogP contribution in [-0.4, -0.2) is 75.2 Å². The molecule has 3 atom stereocenters. The van der Waals surface area contributed by atoms with Gasteiger partial charge in [0, 0.05) is 35.8 Å². The van der Waals surface area contributed by atoms with Gasteiger partial charge in [-0.3, -0.25) is 4.79 Å². The highest BCUT2D eigenvalue weighted by molar-refractivity contribution is 5.89. The molecule has 1 heterocycles. The fourth-order valence-corrected chi connectivity index (χ4v) is 5.75. The highest BCUT2D eigenvalue weighted by Gasteiger charge is 2.53. The zero-order chi connectivity index (χ0) is 26.7. The lowest BCUT2D eigenvalue weighted by Gasteiger charge is -2.45. The predicted octanol–water partition coefficient (Wildman–Crippen LogP) is 3.76. The first-order valence-corrected chi connectivity index (χ1v) is 12.4. The van der Waals surface area contributed by atoms with Crippen molar-refractivity contribution < 1.29 is 27.8 Å². The van der Waals surface area contributed by atoms with Crippen LogP contribution in [0.2, 0.25) is 0 Å². The van der Waals surface area contributed by atoms with Gasteiger partial charge in [-0.25, -0.2) is 13.6 Å². The maximum Gasteiger partial charge on any atom is 0.319 e. The lowest BCUT2D eigenvalue weighted by atomic mass is 9.65. The van der Waals surface area contributed by atoms with Crippen molar-refractivity contribution in [1.82, 2.24) is 15.1 Å². The number of likely N-dealkylation sites (N-methyl/N-ethyl adjacent to an activating group) is 1. The number of fused-ring (bicyclic) bond motifs is 1. The minimum Gasteiger partial charge on any atom is -0.493 e. The summed E-state index contributed by atoms with van der Waals surface area (Å²) < 4.78 is 37.8. The van der Waals surface area contributed by atoms with Crippen molar-refractivity contribution in [3.8, 4) is 11.5 Å². The molecule has 200 valence electrons. The Balaban J connectivity index is 1.56. The number of amides is 3. The third-order valence-electron chi connectivity index (χ3n) is 7.50. The largest absolute Gasteiger partial charge is 0.493 e. The van der Waals surface area contributed by atoms with Crippen LogP contribution < -0.4 is 20.1 Å². The van der Waals surface area contributed by atoms with E-state index in [1.165, 1.54) is 6.07 Å². The summed E-state index contributed by atoms with van der Waals surface area (Å²) in [6.45, 7) is 0.923. The molecule has 1 aliphatic heterocycles. The minimum atomic E-state index is -1.03. The molecule has 37 heavy (non-hydrogen) atoms. The third kappa shape index (κ3) is 5.49. The average molecular weight is 517 g/mol. The fourth-order valence-electron chi connectivity index (χ4n) is 5.75. The number of benzene rings is 2. The number of carbonyl (C=O) groups excluding carboxylic acids is 2. The maximum atomic E-state index is 13.5. The number of anilines is 1. The zero-order valence-corrected chi connectivity index (χ0v) is 21.6. The zero-order valence-electron chi connectivity index (χ0n) is 21.6. The smallest absolute Gasteiger partial charge is 0.319 e. The number of nitrogens with one attached hydrogen (secondary N) is 2. The molecular formula is C27H34F2N4O4. The fraction of sp³-hybridized carbons (Fsp3) is 0.481. The van der Waals surface area contributed by atoms with Gasteiger partial charge in [0.2, 0.25) is 5.91 Å². The summed E-state index contributed by atoms with van der Waals surface area (Å²) in [6.07, 6.45) is 2.83. The van der Waals surface area contributed by atoms with Gasteiger partial charge in [-0.05, 0) is 69.6 Å². The van der Waals surface area contributed by atoms with Gasteiger partial charge in [-0.1, -0.05) is 6.07 Å². The minimum absolute atomic E-state index is 0.0456. The molecule has 0 radical (unpaired) electrons. The van der Waals surface area contributed by atoms with Crippen molar-refractivity contribution in [2.45, 2.75) is 43.2 Å². The lowest BCUT2D eigenvalue weighted by Crippen LogP contribution is -2.54. The number of methoxy groups -OCH3 is 2. The second kappa shape index (κ2) is 10.9. The molecule has 0 spiro atoms. The Morgan fingerprint density at radius 3 is 2.49 bits per heavy atom. The van der Waals surface area contributed by atoms with E-state index in [1.807, 2.05) is 42.1 Å². The number of hydrogen-bond donors (Lipinski definition) is 2. The van der Waals surface area contributed by atoms with E-state index < -0.39 is 17.7 Å². The van der Waals surface area contributed by atoms with Crippen LogP contribution in [0.3, 0.4) is 0 Å². The van der Waals surface area contributed by atoms with Gasteiger partial charge >= 0.3 is 6.03 Å². The number of nitrogens with zero attached hydrogens (tertiary/aromatic N) is 2. The number of ether oxygens (including phenoxy) is 2. The molecule has 2 aromatic rings. The van der Waals surface area contributed by atoms with Gasteiger partial charge in [0.05, 0.1) is 20.8 Å². The second-order valence-electron chi connectivity index (χ2n) is 10.0. The lowest BCUT2D eigenvalue weighted by molar-refractivity contribution is -0.133. The summed E-state index contributed by atoms with van der Waals surface area (Å²) in [6, 6.07) is 8.32. The van der Waals surface area contributed by atoms with E-state index in [1.54, 1.807) is 14.2 Å². The molecule has 10 heteroatoms.